The van der Waals surface area contributed by atoms with E-state index in [4.69, 9.17) is 9.94 Å². The van der Waals surface area contributed by atoms with Gasteiger partial charge in [0.2, 0.25) is 5.91 Å². The molecule has 4 unspecified atom stereocenters. The molecule has 0 saturated heterocycles. The summed E-state index contributed by atoms with van der Waals surface area (Å²) in [5, 5.41) is 18.3. The van der Waals surface area contributed by atoms with E-state index in [2.05, 4.69) is 19.1 Å². The second-order valence-corrected chi connectivity index (χ2v) is 10.2. The maximum absolute atomic E-state index is 11.8. The van der Waals surface area contributed by atoms with Gasteiger partial charge in [-0.2, -0.15) is 0 Å². The Balaban J connectivity index is 0.00000176. The van der Waals surface area contributed by atoms with E-state index in [1.165, 1.54) is 62.7 Å². The molecule has 5 heteroatoms. The number of nitrogens with zero attached hydrogens (tertiary/aromatic N) is 1. The van der Waals surface area contributed by atoms with Gasteiger partial charge in [0.05, 0.1) is 13.2 Å². The van der Waals surface area contributed by atoms with Crippen molar-refractivity contribution < 1.29 is 19.8 Å². The van der Waals surface area contributed by atoms with Crippen molar-refractivity contribution in [3.63, 3.8) is 0 Å². The number of fused-ring (bicyclic) bond motifs is 1. The van der Waals surface area contributed by atoms with Crippen LogP contribution in [-0.2, 0) is 9.63 Å². The summed E-state index contributed by atoms with van der Waals surface area (Å²) in [7, 11) is 4.22. The molecule has 0 bridgehead atoms. The van der Waals surface area contributed by atoms with Crippen LogP contribution in [0.25, 0.3) is 0 Å². The van der Waals surface area contributed by atoms with E-state index in [0.717, 1.165) is 57.5 Å². The average Bonchev–Trinajstić information content (AvgIpc) is 3.14. The lowest BCUT2D eigenvalue weighted by molar-refractivity contribution is -0.168. The van der Waals surface area contributed by atoms with E-state index in [0.29, 0.717) is 11.8 Å². The molecule has 1 amide bonds. The number of amides is 1. The van der Waals surface area contributed by atoms with Gasteiger partial charge in [0.1, 0.15) is 0 Å². The third-order valence-electron chi connectivity index (χ3n) is 8.30. The molecule has 3 saturated carbocycles. The molecule has 2 N–H and O–H groups in total. The molecule has 0 aliphatic heterocycles. The zero-order valence-corrected chi connectivity index (χ0v) is 20.9. The second kappa shape index (κ2) is 13.5. The van der Waals surface area contributed by atoms with Gasteiger partial charge in [0.15, 0.2) is 0 Å². The van der Waals surface area contributed by atoms with Gasteiger partial charge < -0.3 is 10.2 Å². The lowest BCUT2D eigenvalue weighted by atomic mass is 9.62. The molecular formula is C27H47NO4. The molecule has 3 aliphatic rings. The van der Waals surface area contributed by atoms with Crippen molar-refractivity contribution >= 4 is 5.91 Å². The van der Waals surface area contributed by atoms with Crippen LogP contribution in [-0.4, -0.2) is 48.6 Å². The van der Waals surface area contributed by atoms with E-state index in [1.807, 2.05) is 0 Å². The van der Waals surface area contributed by atoms with Crippen molar-refractivity contribution in [3.05, 3.63) is 23.3 Å². The fourth-order valence-corrected chi connectivity index (χ4v) is 6.37. The highest BCUT2D eigenvalue weighted by molar-refractivity contribution is 5.74. The molecule has 184 valence electrons. The number of aliphatic hydroxyl groups excluding tert-OH is 2. The summed E-state index contributed by atoms with van der Waals surface area (Å²) in [6.45, 7) is 2.55. The van der Waals surface area contributed by atoms with Crippen molar-refractivity contribution in [3.8, 4) is 0 Å². The molecule has 5 nitrogen and oxygen atoms in total. The summed E-state index contributed by atoms with van der Waals surface area (Å²) in [6.07, 6.45) is 20.7. The van der Waals surface area contributed by atoms with Crippen molar-refractivity contribution in [2.24, 2.45) is 17.3 Å². The maximum atomic E-state index is 11.8. The zero-order chi connectivity index (χ0) is 23.6. The number of carbonyl (C=O) groups is 1. The molecule has 3 rings (SSSR count). The van der Waals surface area contributed by atoms with E-state index < -0.39 is 0 Å². The minimum atomic E-state index is -0.124. The van der Waals surface area contributed by atoms with Gasteiger partial charge in [-0.1, -0.05) is 43.1 Å². The van der Waals surface area contributed by atoms with Crippen LogP contribution in [0.5, 0.6) is 0 Å². The Morgan fingerprint density at radius 2 is 1.91 bits per heavy atom. The van der Waals surface area contributed by atoms with E-state index in [1.54, 1.807) is 12.6 Å². The van der Waals surface area contributed by atoms with Gasteiger partial charge in [-0.05, 0) is 87.9 Å². The van der Waals surface area contributed by atoms with Crippen LogP contribution in [0.15, 0.2) is 23.3 Å². The Morgan fingerprint density at radius 3 is 2.62 bits per heavy atom. The van der Waals surface area contributed by atoms with E-state index in [9.17, 15) is 9.90 Å². The molecule has 0 heterocycles. The lowest BCUT2D eigenvalue weighted by Gasteiger charge is -2.42. The minimum absolute atomic E-state index is 0.0760. The van der Waals surface area contributed by atoms with Gasteiger partial charge >= 0.3 is 0 Å². The standard InChI is InChI=1S/C26H43NO3.CH4O/c1-26-18-8-10-21(15-14-20-9-7-12-23(28)19-20)24(26)17-16-22(26)11-5-4-6-13-25(29)27(2)30-3;1-2/h14-15,22-24,28H,4-13,16-19H2,1-3H3;2H,1H3/b20-14-,21-15+;. The molecule has 0 aromatic heterocycles. The number of hydrogen-bond donors (Lipinski definition) is 2. The third-order valence-corrected chi connectivity index (χ3v) is 8.30. The van der Waals surface area contributed by atoms with Crippen molar-refractivity contribution in [1.29, 1.82) is 0 Å². The Morgan fingerprint density at radius 1 is 1.12 bits per heavy atom. The summed E-state index contributed by atoms with van der Waals surface area (Å²) in [5.41, 5.74) is 3.57. The van der Waals surface area contributed by atoms with Crippen molar-refractivity contribution in [2.75, 3.05) is 21.3 Å². The Labute approximate surface area is 195 Å². The molecule has 0 aromatic carbocycles. The Bertz CT molecular complexity index is 644. The quantitative estimate of drug-likeness (QED) is 0.375. The lowest BCUT2D eigenvalue weighted by Crippen LogP contribution is -2.33. The third kappa shape index (κ3) is 7.16. The van der Waals surface area contributed by atoms with Crippen LogP contribution in [0, 0.1) is 17.3 Å². The number of hydroxylamine groups is 2. The highest BCUT2D eigenvalue weighted by atomic mass is 16.7. The molecule has 3 aliphatic carbocycles. The maximum Gasteiger partial charge on any atom is 0.245 e. The number of carbonyl (C=O) groups excluding carboxylic acids is 1. The molecular weight excluding hydrogens is 402 g/mol. The van der Waals surface area contributed by atoms with Crippen LogP contribution in [0.1, 0.15) is 96.8 Å². The van der Waals surface area contributed by atoms with Gasteiger partial charge in [0, 0.05) is 20.6 Å². The first kappa shape index (κ1) is 27.1. The normalized spacial score (nSPS) is 32.4. The summed E-state index contributed by atoms with van der Waals surface area (Å²) in [5.74, 6) is 1.65. The molecule has 0 radical (unpaired) electrons. The molecule has 4 atom stereocenters. The summed E-state index contributed by atoms with van der Waals surface area (Å²) < 4.78 is 0. The van der Waals surface area contributed by atoms with Gasteiger partial charge in [-0.25, -0.2) is 5.06 Å². The second-order valence-electron chi connectivity index (χ2n) is 10.2. The topological polar surface area (TPSA) is 70.0 Å². The largest absolute Gasteiger partial charge is 0.400 e. The summed E-state index contributed by atoms with van der Waals surface area (Å²) >= 11 is 0. The zero-order valence-electron chi connectivity index (χ0n) is 20.9. The van der Waals surface area contributed by atoms with Crippen LogP contribution >= 0.6 is 0 Å². The Kier molecular flexibility index (Phi) is 11.4. The number of unbranched alkanes of at least 4 members (excludes halogenated alkanes) is 2. The van der Waals surface area contributed by atoms with Gasteiger partial charge in [-0.3, -0.25) is 9.63 Å². The van der Waals surface area contributed by atoms with Crippen molar-refractivity contribution in [1.82, 2.24) is 5.06 Å². The van der Waals surface area contributed by atoms with E-state index in [-0.39, 0.29) is 12.0 Å². The van der Waals surface area contributed by atoms with Crippen LogP contribution < -0.4 is 0 Å². The highest BCUT2D eigenvalue weighted by Gasteiger charge is 2.48. The highest BCUT2D eigenvalue weighted by Crippen LogP contribution is 2.58. The van der Waals surface area contributed by atoms with Gasteiger partial charge in [-0.15, -0.1) is 0 Å². The average molecular weight is 450 g/mol. The first-order chi connectivity index (χ1) is 15.4. The minimum Gasteiger partial charge on any atom is -0.400 e. The van der Waals surface area contributed by atoms with E-state index >= 15 is 0 Å². The van der Waals surface area contributed by atoms with Crippen LogP contribution in [0.2, 0.25) is 0 Å². The first-order valence-electron chi connectivity index (χ1n) is 12.8. The Hall–Kier alpha value is -1.17. The van der Waals surface area contributed by atoms with Crippen LogP contribution in [0.3, 0.4) is 0 Å². The molecule has 32 heavy (non-hydrogen) atoms. The first-order valence-corrected chi connectivity index (χ1v) is 12.8. The van der Waals surface area contributed by atoms with Crippen molar-refractivity contribution in [2.45, 2.75) is 103 Å². The number of hydrogen-bond acceptors (Lipinski definition) is 4. The monoisotopic (exact) mass is 449 g/mol. The molecule has 3 fully saturated rings. The summed E-state index contributed by atoms with van der Waals surface area (Å²) in [6, 6.07) is 0. The SMILES string of the molecule is CO.CON(C)C(=O)CCCCCC1CCC2/C(=C/C=C3/CCCC(O)C3)CCCC12C. The fourth-order valence-electron chi connectivity index (χ4n) is 6.37. The summed E-state index contributed by atoms with van der Waals surface area (Å²) in [4.78, 5) is 16.8. The fraction of sp³-hybridized carbons (Fsp3) is 0.815. The van der Waals surface area contributed by atoms with Crippen LogP contribution in [0.4, 0.5) is 0 Å². The number of rotatable bonds is 8. The number of aliphatic hydroxyl groups is 2. The predicted molar refractivity (Wildman–Crippen MR) is 130 cm³/mol. The smallest absolute Gasteiger partial charge is 0.245 e. The van der Waals surface area contributed by atoms with Gasteiger partial charge in [0.25, 0.3) is 0 Å². The molecule has 0 aromatic rings. The molecule has 0 spiro atoms. The number of allylic oxidation sites excluding steroid dienone is 3. The predicted octanol–water partition coefficient (Wildman–Crippen LogP) is 5.57.